The van der Waals surface area contributed by atoms with Crippen LogP contribution in [-0.2, 0) is 15.6 Å². The first kappa shape index (κ1) is 12.0. The van der Waals surface area contributed by atoms with Crippen LogP contribution in [0.4, 0.5) is 10.1 Å². The molecular formula is C10H14FNO2S. The molecular weight excluding hydrogens is 217 g/mol. The average molecular weight is 231 g/mol. The summed E-state index contributed by atoms with van der Waals surface area (Å²) in [6, 6.07) is 4.17. The van der Waals surface area contributed by atoms with E-state index in [9.17, 15) is 12.8 Å². The fourth-order valence-electron chi connectivity index (χ4n) is 1.33. The second-order valence-electron chi connectivity index (χ2n) is 3.40. The maximum Gasteiger partial charge on any atom is 0.154 e. The molecule has 0 radical (unpaired) electrons. The minimum atomic E-state index is -3.25. The van der Waals surface area contributed by atoms with Crippen molar-refractivity contribution >= 4 is 15.5 Å². The predicted octanol–water partition coefficient (Wildman–Crippen LogP) is 1.73. The lowest BCUT2D eigenvalue weighted by atomic mass is 10.2. The summed E-state index contributed by atoms with van der Waals surface area (Å²) in [5, 5.41) is 0. The lowest BCUT2D eigenvalue weighted by molar-refractivity contribution is 0.586. The highest BCUT2D eigenvalue weighted by Crippen LogP contribution is 2.19. The summed E-state index contributed by atoms with van der Waals surface area (Å²) in [6.45, 7) is 1.77. The second kappa shape index (κ2) is 4.61. The number of anilines is 1. The van der Waals surface area contributed by atoms with Crippen molar-refractivity contribution < 1.29 is 12.8 Å². The van der Waals surface area contributed by atoms with Crippen molar-refractivity contribution in [2.45, 2.75) is 19.1 Å². The molecule has 0 aromatic heterocycles. The fourth-order valence-corrected chi connectivity index (χ4v) is 2.84. The third-order valence-corrected chi connectivity index (χ3v) is 3.79. The first-order chi connectivity index (χ1) is 6.96. The van der Waals surface area contributed by atoms with E-state index in [0.29, 0.717) is 6.42 Å². The molecule has 2 N–H and O–H groups in total. The van der Waals surface area contributed by atoms with E-state index in [1.165, 1.54) is 18.2 Å². The van der Waals surface area contributed by atoms with E-state index in [0.717, 1.165) is 0 Å². The number of nitrogen functional groups attached to an aromatic ring is 1. The molecule has 0 spiro atoms. The van der Waals surface area contributed by atoms with Gasteiger partial charge >= 0.3 is 0 Å². The van der Waals surface area contributed by atoms with Gasteiger partial charge in [0.05, 0.1) is 11.5 Å². The molecule has 1 rings (SSSR count). The molecule has 84 valence electrons. The van der Waals surface area contributed by atoms with Gasteiger partial charge in [-0.3, -0.25) is 0 Å². The van der Waals surface area contributed by atoms with E-state index in [2.05, 4.69) is 0 Å². The molecule has 1 aromatic rings. The van der Waals surface area contributed by atoms with E-state index in [1.807, 2.05) is 0 Å². The first-order valence-electron chi connectivity index (χ1n) is 4.69. The zero-order valence-corrected chi connectivity index (χ0v) is 9.35. The summed E-state index contributed by atoms with van der Waals surface area (Å²) < 4.78 is 36.2. The van der Waals surface area contributed by atoms with Crippen molar-refractivity contribution in [2.24, 2.45) is 0 Å². The number of halogens is 1. The van der Waals surface area contributed by atoms with E-state index >= 15 is 0 Å². The molecule has 0 saturated heterocycles. The molecule has 0 bridgehead atoms. The van der Waals surface area contributed by atoms with Crippen molar-refractivity contribution in [1.82, 2.24) is 0 Å². The zero-order valence-electron chi connectivity index (χ0n) is 8.53. The van der Waals surface area contributed by atoms with Crippen molar-refractivity contribution in [1.29, 1.82) is 0 Å². The molecule has 5 heteroatoms. The summed E-state index contributed by atoms with van der Waals surface area (Å²) in [5.74, 6) is -0.824. The van der Waals surface area contributed by atoms with Crippen LogP contribution in [0.3, 0.4) is 0 Å². The van der Waals surface area contributed by atoms with Gasteiger partial charge in [-0.1, -0.05) is 13.0 Å². The Morgan fingerprint density at radius 2 is 2.07 bits per heavy atom. The lowest BCUT2D eigenvalue weighted by Gasteiger charge is -2.07. The van der Waals surface area contributed by atoms with E-state index in [-0.39, 0.29) is 22.8 Å². The number of hydrogen-bond donors (Lipinski definition) is 1. The molecule has 15 heavy (non-hydrogen) atoms. The summed E-state index contributed by atoms with van der Waals surface area (Å²) in [5.41, 5.74) is 5.78. The van der Waals surface area contributed by atoms with Crippen LogP contribution < -0.4 is 5.73 Å². The minimum absolute atomic E-state index is 0.0563. The van der Waals surface area contributed by atoms with Gasteiger partial charge in [-0.25, -0.2) is 12.8 Å². The SMILES string of the molecule is CCCS(=O)(=O)Cc1c(N)cccc1F. The molecule has 1 aromatic carbocycles. The van der Waals surface area contributed by atoms with Crippen LogP contribution in [-0.4, -0.2) is 14.2 Å². The van der Waals surface area contributed by atoms with Gasteiger partial charge in [0.15, 0.2) is 9.84 Å². The molecule has 3 nitrogen and oxygen atoms in total. The third-order valence-electron chi connectivity index (χ3n) is 2.03. The van der Waals surface area contributed by atoms with E-state index < -0.39 is 15.7 Å². The highest BCUT2D eigenvalue weighted by atomic mass is 32.2. The van der Waals surface area contributed by atoms with Crippen LogP contribution in [0.2, 0.25) is 0 Å². The maximum atomic E-state index is 13.3. The third kappa shape index (κ3) is 3.20. The Kier molecular flexibility index (Phi) is 3.68. The monoisotopic (exact) mass is 231 g/mol. The summed E-state index contributed by atoms with van der Waals surface area (Å²) >= 11 is 0. The molecule has 0 atom stereocenters. The van der Waals surface area contributed by atoms with Gasteiger partial charge in [0.2, 0.25) is 0 Å². The standard InChI is InChI=1S/C10H14FNO2S/c1-2-6-15(13,14)7-8-9(11)4-3-5-10(8)12/h3-5H,2,6-7,12H2,1H3. The van der Waals surface area contributed by atoms with Crippen LogP contribution in [0.5, 0.6) is 0 Å². The Morgan fingerprint density at radius 1 is 1.40 bits per heavy atom. The largest absolute Gasteiger partial charge is 0.398 e. The van der Waals surface area contributed by atoms with Gasteiger partial charge in [0.1, 0.15) is 5.82 Å². The van der Waals surface area contributed by atoms with E-state index in [4.69, 9.17) is 5.73 Å². The number of nitrogens with two attached hydrogens (primary N) is 1. The zero-order chi connectivity index (χ0) is 11.5. The summed E-state index contributed by atoms with van der Waals surface area (Å²) in [7, 11) is -3.25. The molecule has 0 fully saturated rings. The summed E-state index contributed by atoms with van der Waals surface area (Å²) in [6.07, 6.45) is 0.524. The summed E-state index contributed by atoms with van der Waals surface area (Å²) in [4.78, 5) is 0. The molecule has 0 aliphatic heterocycles. The van der Waals surface area contributed by atoms with Gasteiger partial charge in [0.25, 0.3) is 0 Å². The smallest absolute Gasteiger partial charge is 0.154 e. The van der Waals surface area contributed by atoms with Crippen LogP contribution >= 0.6 is 0 Å². The van der Waals surface area contributed by atoms with Crippen molar-refractivity contribution in [2.75, 3.05) is 11.5 Å². The van der Waals surface area contributed by atoms with Gasteiger partial charge < -0.3 is 5.73 Å². The van der Waals surface area contributed by atoms with Gasteiger partial charge in [-0.15, -0.1) is 0 Å². The molecule has 0 aliphatic rings. The maximum absolute atomic E-state index is 13.3. The van der Waals surface area contributed by atoms with Crippen molar-refractivity contribution in [3.8, 4) is 0 Å². The van der Waals surface area contributed by atoms with Crippen LogP contribution in [0.1, 0.15) is 18.9 Å². The highest BCUT2D eigenvalue weighted by molar-refractivity contribution is 7.90. The molecule has 0 unspecified atom stereocenters. The molecule has 0 aliphatic carbocycles. The number of hydrogen-bond acceptors (Lipinski definition) is 3. The number of sulfone groups is 1. The van der Waals surface area contributed by atoms with Gasteiger partial charge in [-0.05, 0) is 18.6 Å². The highest BCUT2D eigenvalue weighted by Gasteiger charge is 2.15. The van der Waals surface area contributed by atoms with E-state index in [1.54, 1.807) is 6.92 Å². The Morgan fingerprint density at radius 3 is 2.60 bits per heavy atom. The Balaban J connectivity index is 2.99. The first-order valence-corrected chi connectivity index (χ1v) is 6.51. The molecule has 0 heterocycles. The lowest BCUT2D eigenvalue weighted by Crippen LogP contribution is -2.11. The van der Waals surface area contributed by atoms with Crippen molar-refractivity contribution in [3.05, 3.63) is 29.6 Å². The Hall–Kier alpha value is -1.10. The molecule has 0 saturated carbocycles. The van der Waals surface area contributed by atoms with Crippen LogP contribution in [0, 0.1) is 5.82 Å². The van der Waals surface area contributed by atoms with Crippen LogP contribution in [0.15, 0.2) is 18.2 Å². The normalized spacial score (nSPS) is 11.6. The number of rotatable bonds is 4. The fraction of sp³-hybridized carbons (Fsp3) is 0.400. The second-order valence-corrected chi connectivity index (χ2v) is 5.58. The average Bonchev–Trinajstić information content (AvgIpc) is 2.11. The topological polar surface area (TPSA) is 60.2 Å². The Labute approximate surface area is 89.0 Å². The molecule has 0 amide bonds. The van der Waals surface area contributed by atoms with Crippen LogP contribution in [0.25, 0.3) is 0 Å². The van der Waals surface area contributed by atoms with Gasteiger partial charge in [-0.2, -0.15) is 0 Å². The van der Waals surface area contributed by atoms with Gasteiger partial charge in [0, 0.05) is 11.3 Å². The predicted molar refractivity (Wildman–Crippen MR) is 58.6 cm³/mol. The quantitative estimate of drug-likeness (QED) is 0.803. The Bertz CT molecular complexity index is 422. The number of benzene rings is 1. The van der Waals surface area contributed by atoms with Crippen molar-refractivity contribution in [3.63, 3.8) is 0 Å². The minimum Gasteiger partial charge on any atom is -0.398 e.